The first-order chi connectivity index (χ1) is 14.2. The molecule has 1 fully saturated rings. The number of hydrogen-bond acceptors (Lipinski definition) is 5. The summed E-state index contributed by atoms with van der Waals surface area (Å²) in [5, 5.41) is 9.38. The molecule has 6 heteroatoms. The van der Waals surface area contributed by atoms with Crippen LogP contribution in [0, 0.1) is 0 Å². The van der Waals surface area contributed by atoms with Gasteiger partial charge in [0.15, 0.2) is 0 Å². The Morgan fingerprint density at radius 3 is 2.72 bits per heavy atom. The number of nitrogens with zero attached hydrogens (tertiary/aromatic N) is 5. The van der Waals surface area contributed by atoms with E-state index in [0.717, 1.165) is 40.4 Å². The maximum absolute atomic E-state index is 4.70. The Balaban J connectivity index is 1.37. The van der Waals surface area contributed by atoms with Crippen molar-refractivity contribution in [1.29, 1.82) is 0 Å². The summed E-state index contributed by atoms with van der Waals surface area (Å²) in [4.78, 5) is 11.4. The van der Waals surface area contributed by atoms with Gasteiger partial charge in [-0.3, -0.25) is 4.98 Å². The van der Waals surface area contributed by atoms with Crippen LogP contribution in [-0.4, -0.2) is 50.7 Å². The quantitative estimate of drug-likeness (QED) is 0.569. The highest BCUT2D eigenvalue weighted by molar-refractivity contribution is 5.88. The molecule has 4 aromatic rings. The van der Waals surface area contributed by atoms with Crippen LogP contribution in [0.2, 0.25) is 0 Å². The zero-order chi connectivity index (χ0) is 19.8. The number of pyridine rings is 1. The second-order valence-corrected chi connectivity index (χ2v) is 8.17. The van der Waals surface area contributed by atoms with Crippen molar-refractivity contribution < 1.29 is 0 Å². The van der Waals surface area contributed by atoms with Gasteiger partial charge in [0, 0.05) is 35.4 Å². The van der Waals surface area contributed by atoms with Crippen molar-refractivity contribution in [3.63, 3.8) is 0 Å². The van der Waals surface area contributed by atoms with Crippen molar-refractivity contribution in [3.8, 4) is 11.1 Å². The zero-order valence-electron chi connectivity index (χ0n) is 16.9. The average molecular weight is 387 g/mol. The van der Waals surface area contributed by atoms with E-state index < -0.39 is 0 Å². The van der Waals surface area contributed by atoms with Crippen LogP contribution >= 0.6 is 0 Å². The van der Waals surface area contributed by atoms with Crippen LogP contribution < -0.4 is 5.32 Å². The van der Waals surface area contributed by atoms with Gasteiger partial charge in [-0.15, -0.1) is 5.10 Å². The predicted octanol–water partition coefficient (Wildman–Crippen LogP) is 4.23. The number of benzene rings is 1. The topological polar surface area (TPSA) is 58.3 Å². The first-order valence-corrected chi connectivity index (χ1v) is 10.3. The molecule has 29 heavy (non-hydrogen) atoms. The lowest BCUT2D eigenvalue weighted by atomic mass is 9.91. The summed E-state index contributed by atoms with van der Waals surface area (Å²) in [7, 11) is 4.34. The Morgan fingerprint density at radius 2 is 1.90 bits per heavy atom. The molecule has 1 saturated carbocycles. The van der Waals surface area contributed by atoms with Gasteiger partial charge in [0.2, 0.25) is 5.95 Å². The van der Waals surface area contributed by atoms with E-state index in [2.05, 4.69) is 64.6 Å². The summed E-state index contributed by atoms with van der Waals surface area (Å²) in [6, 6.07) is 13.7. The van der Waals surface area contributed by atoms with Gasteiger partial charge in [-0.1, -0.05) is 12.1 Å². The van der Waals surface area contributed by atoms with Crippen LogP contribution in [0.15, 0.2) is 55.0 Å². The minimum Gasteiger partial charge on any atom is -0.350 e. The predicted molar refractivity (Wildman–Crippen MR) is 117 cm³/mol. The third kappa shape index (κ3) is 3.56. The van der Waals surface area contributed by atoms with Crippen LogP contribution in [-0.2, 0) is 0 Å². The van der Waals surface area contributed by atoms with Gasteiger partial charge in [-0.2, -0.15) is 0 Å². The Bertz CT molecular complexity index is 1140. The van der Waals surface area contributed by atoms with Crippen molar-refractivity contribution in [2.45, 2.75) is 37.8 Å². The molecule has 0 radical (unpaired) electrons. The number of rotatable bonds is 4. The Hall–Kier alpha value is -2.99. The number of fused-ring (bicyclic) bond motifs is 2. The molecule has 1 aromatic carbocycles. The van der Waals surface area contributed by atoms with E-state index in [0.29, 0.717) is 18.0 Å². The smallest absolute Gasteiger partial charge is 0.241 e. The number of nitrogens with one attached hydrogen (secondary N) is 1. The fraction of sp³-hybridized carbons (Fsp3) is 0.348. The third-order valence-corrected chi connectivity index (χ3v) is 6.09. The SMILES string of the molecule is CN(C)[C@H]1CC[C@@H](Nc2ncc3c(-c4ccc5ncccc5c4)ccn3n2)CC1. The molecule has 1 N–H and O–H groups in total. The maximum atomic E-state index is 4.70. The molecule has 1 aliphatic carbocycles. The highest BCUT2D eigenvalue weighted by Gasteiger charge is 2.23. The van der Waals surface area contributed by atoms with Gasteiger partial charge in [0.05, 0.1) is 17.2 Å². The second-order valence-electron chi connectivity index (χ2n) is 8.17. The van der Waals surface area contributed by atoms with Gasteiger partial charge in [0.1, 0.15) is 0 Å². The minimum atomic E-state index is 0.451. The van der Waals surface area contributed by atoms with Crippen LogP contribution in [0.3, 0.4) is 0 Å². The Kier molecular flexibility index (Phi) is 4.64. The van der Waals surface area contributed by atoms with Gasteiger partial charge in [-0.25, -0.2) is 9.50 Å². The molecule has 0 saturated heterocycles. The molecule has 0 spiro atoms. The first-order valence-electron chi connectivity index (χ1n) is 10.3. The monoisotopic (exact) mass is 386 g/mol. The van der Waals surface area contributed by atoms with Gasteiger partial charge < -0.3 is 10.2 Å². The highest BCUT2D eigenvalue weighted by atomic mass is 15.3. The second kappa shape index (κ2) is 7.44. The minimum absolute atomic E-state index is 0.451. The van der Waals surface area contributed by atoms with Gasteiger partial charge in [0.25, 0.3) is 0 Å². The lowest BCUT2D eigenvalue weighted by molar-refractivity contribution is 0.221. The third-order valence-electron chi connectivity index (χ3n) is 6.09. The summed E-state index contributed by atoms with van der Waals surface area (Å²) in [5.74, 6) is 0.704. The molecule has 0 atom stereocenters. The van der Waals surface area contributed by atoms with Crippen LogP contribution in [0.4, 0.5) is 5.95 Å². The van der Waals surface area contributed by atoms with Crippen molar-refractivity contribution in [1.82, 2.24) is 24.5 Å². The number of anilines is 1. The van der Waals surface area contributed by atoms with Crippen LogP contribution in [0.1, 0.15) is 25.7 Å². The molecule has 6 nitrogen and oxygen atoms in total. The van der Waals surface area contributed by atoms with E-state index in [9.17, 15) is 0 Å². The molecule has 0 amide bonds. The van der Waals surface area contributed by atoms with E-state index in [1.54, 1.807) is 0 Å². The standard InChI is InChI=1S/C23H26N6/c1-28(2)19-8-6-18(7-9-19)26-23-25-15-22-20(11-13-29(22)27-23)16-5-10-21-17(14-16)4-3-12-24-21/h3-5,10-15,18-19H,6-9H2,1-2H3,(H,26,27)/t18-,19+. The lowest BCUT2D eigenvalue weighted by Crippen LogP contribution is -2.36. The van der Waals surface area contributed by atoms with Gasteiger partial charge >= 0.3 is 0 Å². The van der Waals surface area contributed by atoms with Crippen molar-refractivity contribution in [2.24, 2.45) is 0 Å². The van der Waals surface area contributed by atoms with Crippen molar-refractivity contribution >= 4 is 22.4 Å². The normalized spacial score (nSPS) is 19.8. The zero-order valence-corrected chi connectivity index (χ0v) is 16.9. The molecule has 0 unspecified atom stereocenters. The fourth-order valence-corrected chi connectivity index (χ4v) is 4.37. The molecule has 1 aliphatic rings. The fourth-order valence-electron chi connectivity index (χ4n) is 4.37. The maximum Gasteiger partial charge on any atom is 0.241 e. The number of hydrogen-bond donors (Lipinski definition) is 1. The van der Waals surface area contributed by atoms with E-state index >= 15 is 0 Å². The summed E-state index contributed by atoms with van der Waals surface area (Å²) in [6.45, 7) is 0. The molecule has 148 valence electrons. The summed E-state index contributed by atoms with van der Waals surface area (Å²) >= 11 is 0. The van der Waals surface area contributed by atoms with E-state index in [4.69, 9.17) is 5.10 Å². The molecule has 0 aliphatic heterocycles. The molecule has 0 bridgehead atoms. The lowest BCUT2D eigenvalue weighted by Gasteiger charge is -2.32. The van der Waals surface area contributed by atoms with E-state index in [1.165, 1.54) is 12.8 Å². The molecule has 3 aromatic heterocycles. The van der Waals surface area contributed by atoms with E-state index in [1.807, 2.05) is 29.2 Å². The summed E-state index contributed by atoms with van der Waals surface area (Å²) in [6.07, 6.45) is 10.5. The average Bonchev–Trinajstić information content (AvgIpc) is 3.17. The Labute approximate surface area is 170 Å². The van der Waals surface area contributed by atoms with E-state index in [-0.39, 0.29) is 0 Å². The molecule has 3 heterocycles. The van der Waals surface area contributed by atoms with Crippen LogP contribution in [0.25, 0.3) is 27.5 Å². The Morgan fingerprint density at radius 1 is 1.03 bits per heavy atom. The molecular weight excluding hydrogens is 360 g/mol. The van der Waals surface area contributed by atoms with Gasteiger partial charge in [-0.05, 0) is 69.6 Å². The largest absolute Gasteiger partial charge is 0.350 e. The summed E-state index contributed by atoms with van der Waals surface area (Å²) in [5.41, 5.74) is 4.30. The van der Waals surface area contributed by atoms with Crippen molar-refractivity contribution in [2.75, 3.05) is 19.4 Å². The van der Waals surface area contributed by atoms with Crippen molar-refractivity contribution in [3.05, 3.63) is 55.0 Å². The number of aromatic nitrogens is 4. The molecular formula is C23H26N6. The highest BCUT2D eigenvalue weighted by Crippen LogP contribution is 2.28. The molecule has 5 rings (SSSR count). The van der Waals surface area contributed by atoms with Crippen LogP contribution in [0.5, 0.6) is 0 Å². The summed E-state index contributed by atoms with van der Waals surface area (Å²) < 4.78 is 1.92. The first kappa shape index (κ1) is 18.1.